The lowest BCUT2D eigenvalue weighted by Crippen LogP contribution is -2.39. The van der Waals surface area contributed by atoms with Crippen LogP contribution in [0.4, 0.5) is 16.2 Å². The molecule has 0 fully saturated rings. The highest BCUT2D eigenvalue weighted by Crippen LogP contribution is 2.27. The second kappa shape index (κ2) is 8.51. The number of rotatable bonds is 4. The monoisotopic (exact) mass is 419 g/mol. The van der Waals surface area contributed by atoms with Crippen molar-refractivity contribution >= 4 is 23.3 Å². The van der Waals surface area contributed by atoms with Gasteiger partial charge in [-0.05, 0) is 36.8 Å². The van der Waals surface area contributed by atoms with E-state index in [4.69, 9.17) is 4.74 Å². The first-order valence-corrected chi connectivity index (χ1v) is 10.1. The van der Waals surface area contributed by atoms with Gasteiger partial charge in [0, 0.05) is 37.0 Å². The number of anilines is 2. The molecule has 160 valence electrons. The number of nitrogens with zero attached hydrogens (tertiary/aromatic N) is 3. The van der Waals surface area contributed by atoms with Crippen molar-refractivity contribution in [3.63, 3.8) is 0 Å². The van der Waals surface area contributed by atoms with Crippen LogP contribution >= 0.6 is 0 Å². The minimum atomic E-state index is -0.286. The van der Waals surface area contributed by atoms with Crippen LogP contribution in [0, 0.1) is 6.92 Å². The van der Waals surface area contributed by atoms with Crippen molar-refractivity contribution in [1.82, 2.24) is 14.7 Å². The van der Waals surface area contributed by atoms with Gasteiger partial charge in [0.05, 0.1) is 19.3 Å². The number of hydrogen-bond acceptors (Lipinski definition) is 4. The van der Waals surface area contributed by atoms with Crippen LogP contribution in [0.1, 0.15) is 27.3 Å². The van der Waals surface area contributed by atoms with Gasteiger partial charge in [-0.3, -0.25) is 9.48 Å². The Labute approximate surface area is 180 Å². The van der Waals surface area contributed by atoms with E-state index in [1.807, 2.05) is 62.5 Å². The normalized spacial score (nSPS) is 12.8. The number of hydrogen-bond donors (Lipinski definition) is 2. The summed E-state index contributed by atoms with van der Waals surface area (Å²) in [4.78, 5) is 27.5. The molecule has 1 aliphatic heterocycles. The average molecular weight is 419 g/mol. The second-order valence-corrected chi connectivity index (χ2v) is 7.52. The van der Waals surface area contributed by atoms with Crippen LogP contribution in [0.25, 0.3) is 0 Å². The molecule has 0 aliphatic carbocycles. The van der Waals surface area contributed by atoms with E-state index in [9.17, 15) is 9.59 Å². The predicted molar refractivity (Wildman–Crippen MR) is 118 cm³/mol. The molecule has 0 atom stereocenters. The Morgan fingerprint density at radius 2 is 1.87 bits per heavy atom. The van der Waals surface area contributed by atoms with Crippen molar-refractivity contribution in [3.05, 3.63) is 71.0 Å². The highest BCUT2D eigenvalue weighted by Gasteiger charge is 2.29. The number of amides is 3. The van der Waals surface area contributed by atoms with Gasteiger partial charge in [-0.2, -0.15) is 5.10 Å². The molecule has 0 unspecified atom stereocenters. The zero-order valence-electron chi connectivity index (χ0n) is 17.8. The van der Waals surface area contributed by atoms with E-state index in [2.05, 4.69) is 15.7 Å². The number of aryl methyl sites for hydroxylation is 2. The van der Waals surface area contributed by atoms with Crippen LogP contribution in [-0.2, 0) is 20.0 Å². The average Bonchev–Trinajstić information content (AvgIpc) is 3.11. The fourth-order valence-electron chi connectivity index (χ4n) is 3.77. The molecule has 0 saturated heterocycles. The Kier molecular flexibility index (Phi) is 5.62. The van der Waals surface area contributed by atoms with Gasteiger partial charge >= 0.3 is 6.03 Å². The number of fused-ring (bicyclic) bond motifs is 1. The fourth-order valence-corrected chi connectivity index (χ4v) is 3.77. The Morgan fingerprint density at radius 1 is 1.10 bits per heavy atom. The first-order valence-electron chi connectivity index (χ1n) is 10.1. The molecule has 0 bridgehead atoms. The van der Waals surface area contributed by atoms with Crippen LogP contribution < -0.4 is 15.4 Å². The molecule has 2 aromatic carbocycles. The zero-order valence-corrected chi connectivity index (χ0v) is 17.8. The molecule has 2 heterocycles. The summed E-state index contributed by atoms with van der Waals surface area (Å²) in [5, 5.41) is 10.2. The zero-order chi connectivity index (χ0) is 22.0. The third-order valence-electron chi connectivity index (χ3n) is 5.37. The van der Waals surface area contributed by atoms with Crippen LogP contribution in [0.5, 0.6) is 5.75 Å². The lowest BCUT2D eigenvalue weighted by molar-refractivity contribution is 0.101. The molecule has 3 aromatic rings. The summed E-state index contributed by atoms with van der Waals surface area (Å²) in [5.74, 6) is 0.312. The van der Waals surface area contributed by atoms with E-state index < -0.39 is 0 Å². The molecule has 1 aromatic heterocycles. The number of methoxy groups -OCH3 is 1. The minimum absolute atomic E-state index is 0.243. The predicted octanol–water partition coefficient (Wildman–Crippen LogP) is 3.58. The highest BCUT2D eigenvalue weighted by molar-refractivity contribution is 6.04. The molecule has 0 spiro atoms. The maximum Gasteiger partial charge on any atom is 0.322 e. The number of benzene rings is 2. The van der Waals surface area contributed by atoms with E-state index in [0.29, 0.717) is 42.3 Å². The van der Waals surface area contributed by atoms with Crippen LogP contribution in [0.3, 0.4) is 0 Å². The van der Waals surface area contributed by atoms with Crippen molar-refractivity contribution in [2.45, 2.75) is 19.9 Å². The van der Waals surface area contributed by atoms with Crippen LogP contribution in [-0.4, -0.2) is 40.3 Å². The molecular weight excluding hydrogens is 394 g/mol. The molecule has 31 heavy (non-hydrogen) atoms. The molecule has 1 aliphatic rings. The SMILES string of the molecule is COc1ccc(C)cc1NC(=O)N1CCc2c(c(C(=O)Nc3ccccc3)nn2C)C1. The van der Waals surface area contributed by atoms with E-state index in [-0.39, 0.29) is 11.9 Å². The third kappa shape index (κ3) is 4.23. The third-order valence-corrected chi connectivity index (χ3v) is 5.37. The molecule has 3 amide bonds. The molecule has 2 N–H and O–H groups in total. The van der Waals surface area contributed by atoms with Crippen molar-refractivity contribution in [3.8, 4) is 5.75 Å². The van der Waals surface area contributed by atoms with Crippen molar-refractivity contribution < 1.29 is 14.3 Å². The Hall–Kier alpha value is -3.81. The number of carbonyl (C=O) groups excluding carboxylic acids is 2. The van der Waals surface area contributed by atoms with Gasteiger partial charge in [0.25, 0.3) is 5.91 Å². The van der Waals surface area contributed by atoms with Crippen LogP contribution in [0.15, 0.2) is 48.5 Å². The summed E-state index contributed by atoms with van der Waals surface area (Å²) in [6.07, 6.45) is 0.621. The maximum absolute atomic E-state index is 13.0. The topological polar surface area (TPSA) is 88.5 Å². The summed E-state index contributed by atoms with van der Waals surface area (Å²) in [5.41, 5.74) is 4.41. The van der Waals surface area contributed by atoms with Gasteiger partial charge in [-0.25, -0.2) is 4.79 Å². The van der Waals surface area contributed by atoms with Gasteiger partial charge in [0.15, 0.2) is 5.69 Å². The van der Waals surface area contributed by atoms with Gasteiger partial charge in [-0.15, -0.1) is 0 Å². The Bertz CT molecular complexity index is 1120. The number of para-hydroxylation sites is 1. The van der Waals surface area contributed by atoms with Crippen molar-refractivity contribution in [2.75, 3.05) is 24.3 Å². The summed E-state index contributed by atoms with van der Waals surface area (Å²) < 4.78 is 7.09. The second-order valence-electron chi connectivity index (χ2n) is 7.52. The minimum Gasteiger partial charge on any atom is -0.495 e. The van der Waals surface area contributed by atoms with Gasteiger partial charge in [-0.1, -0.05) is 24.3 Å². The summed E-state index contributed by atoms with van der Waals surface area (Å²) in [7, 11) is 3.40. The molecular formula is C23H25N5O3. The summed E-state index contributed by atoms with van der Waals surface area (Å²) in [6.45, 7) is 2.79. The number of ether oxygens (including phenoxy) is 1. The van der Waals surface area contributed by atoms with Gasteiger partial charge in [0.1, 0.15) is 5.75 Å². The number of nitrogens with one attached hydrogen (secondary N) is 2. The van der Waals surface area contributed by atoms with Gasteiger partial charge in [0.2, 0.25) is 0 Å². The molecule has 0 saturated carbocycles. The molecule has 4 rings (SSSR count). The van der Waals surface area contributed by atoms with Gasteiger partial charge < -0.3 is 20.3 Å². The first-order chi connectivity index (χ1) is 15.0. The quantitative estimate of drug-likeness (QED) is 0.677. The Morgan fingerprint density at radius 3 is 2.61 bits per heavy atom. The number of urea groups is 1. The Balaban J connectivity index is 1.53. The van der Waals surface area contributed by atoms with Crippen molar-refractivity contribution in [2.24, 2.45) is 7.05 Å². The molecule has 0 radical (unpaired) electrons. The largest absolute Gasteiger partial charge is 0.495 e. The molecule has 8 heteroatoms. The van der Waals surface area contributed by atoms with E-state index in [1.54, 1.807) is 16.7 Å². The lowest BCUT2D eigenvalue weighted by atomic mass is 10.0. The number of aromatic nitrogens is 2. The first kappa shape index (κ1) is 20.5. The molecule has 8 nitrogen and oxygen atoms in total. The number of carbonyl (C=O) groups is 2. The summed E-state index contributed by atoms with van der Waals surface area (Å²) in [6, 6.07) is 14.6. The lowest BCUT2D eigenvalue weighted by Gasteiger charge is -2.28. The van der Waals surface area contributed by atoms with Crippen LogP contribution in [0.2, 0.25) is 0 Å². The maximum atomic E-state index is 13.0. The standard InChI is InChI=1S/C23H25N5O3/c1-15-9-10-20(31-3)18(13-15)25-23(30)28-12-11-19-17(14-28)21(26-27(19)2)22(29)24-16-7-5-4-6-8-16/h4-10,13H,11-12,14H2,1-3H3,(H,24,29)(H,25,30). The summed E-state index contributed by atoms with van der Waals surface area (Å²) >= 11 is 0. The highest BCUT2D eigenvalue weighted by atomic mass is 16.5. The smallest absolute Gasteiger partial charge is 0.322 e. The van der Waals surface area contributed by atoms with E-state index in [0.717, 1.165) is 16.8 Å². The fraction of sp³-hybridized carbons (Fsp3) is 0.261. The van der Waals surface area contributed by atoms with E-state index in [1.165, 1.54) is 0 Å². The van der Waals surface area contributed by atoms with E-state index >= 15 is 0 Å². The van der Waals surface area contributed by atoms with Crippen molar-refractivity contribution in [1.29, 1.82) is 0 Å².